The topological polar surface area (TPSA) is 96.1 Å². The summed E-state index contributed by atoms with van der Waals surface area (Å²) in [5, 5.41) is 9.21. The van der Waals surface area contributed by atoms with Gasteiger partial charge >= 0.3 is 6.09 Å². The van der Waals surface area contributed by atoms with Crippen molar-refractivity contribution < 1.29 is 19.4 Å². The Morgan fingerprint density at radius 3 is 2.68 bits per heavy atom. The number of hydrogen-bond acceptors (Lipinski definition) is 4. The average Bonchev–Trinajstić information content (AvgIpc) is 2.53. The van der Waals surface area contributed by atoms with E-state index in [0.717, 1.165) is 12.1 Å². The zero-order valence-electron chi connectivity index (χ0n) is 12.8. The number of ether oxygens (including phenoxy) is 1. The summed E-state index contributed by atoms with van der Waals surface area (Å²) in [5.41, 5.74) is 6.54. The highest BCUT2D eigenvalue weighted by molar-refractivity contribution is 5.96. The summed E-state index contributed by atoms with van der Waals surface area (Å²) in [7, 11) is 1.49. The zero-order valence-corrected chi connectivity index (χ0v) is 12.8. The number of rotatable bonds is 4. The molecule has 0 spiro atoms. The van der Waals surface area contributed by atoms with Crippen LogP contribution < -0.4 is 15.4 Å². The van der Waals surface area contributed by atoms with Gasteiger partial charge in [0.25, 0.3) is 5.91 Å². The molecule has 1 aromatic rings. The Labute approximate surface area is 129 Å². The number of methoxy groups -OCH3 is 1. The van der Waals surface area contributed by atoms with Crippen LogP contribution in [0.4, 0.5) is 10.5 Å². The second kappa shape index (κ2) is 6.55. The minimum absolute atomic E-state index is 0.0481. The molecule has 1 aliphatic rings. The molecule has 0 radical (unpaired) electrons. The molecule has 3 N–H and O–H groups in total. The van der Waals surface area contributed by atoms with Crippen LogP contribution in [-0.4, -0.2) is 54.8 Å². The number of benzene rings is 1. The molecule has 1 atom stereocenters. The number of carboxylic acid groups (broad SMARTS) is 1. The van der Waals surface area contributed by atoms with Crippen LogP contribution in [0.15, 0.2) is 18.2 Å². The summed E-state index contributed by atoms with van der Waals surface area (Å²) in [6, 6.07) is 5.17. The summed E-state index contributed by atoms with van der Waals surface area (Å²) >= 11 is 0. The maximum atomic E-state index is 11.3. The van der Waals surface area contributed by atoms with E-state index in [1.54, 1.807) is 12.1 Å². The summed E-state index contributed by atoms with van der Waals surface area (Å²) in [6.07, 6.45) is -0.132. The van der Waals surface area contributed by atoms with Gasteiger partial charge in [0.15, 0.2) is 0 Å². The fourth-order valence-electron chi connectivity index (χ4n) is 2.77. The van der Waals surface area contributed by atoms with E-state index in [1.165, 1.54) is 12.0 Å². The Hall–Kier alpha value is -2.44. The Morgan fingerprint density at radius 1 is 1.41 bits per heavy atom. The van der Waals surface area contributed by atoms with Gasteiger partial charge in [-0.05, 0) is 18.6 Å². The lowest BCUT2D eigenvalue weighted by molar-refractivity contribution is 0.0996. The van der Waals surface area contributed by atoms with Crippen LogP contribution >= 0.6 is 0 Å². The Bertz CT molecular complexity index is 576. The van der Waals surface area contributed by atoms with Gasteiger partial charge in [-0.1, -0.05) is 6.92 Å². The molecule has 0 unspecified atom stereocenters. The number of nitrogens with zero attached hydrogens (tertiary/aromatic N) is 2. The van der Waals surface area contributed by atoms with Crippen molar-refractivity contribution in [3.63, 3.8) is 0 Å². The molecule has 1 fully saturated rings. The van der Waals surface area contributed by atoms with Crippen LogP contribution in [0.25, 0.3) is 0 Å². The Kier molecular flexibility index (Phi) is 4.75. The summed E-state index contributed by atoms with van der Waals surface area (Å²) in [6.45, 7) is 3.64. The lowest BCUT2D eigenvalue weighted by Crippen LogP contribution is -2.54. The monoisotopic (exact) mass is 307 g/mol. The van der Waals surface area contributed by atoms with Gasteiger partial charge in [0, 0.05) is 31.4 Å². The second-order valence-electron chi connectivity index (χ2n) is 5.23. The van der Waals surface area contributed by atoms with Crippen molar-refractivity contribution in [2.75, 3.05) is 31.6 Å². The van der Waals surface area contributed by atoms with E-state index < -0.39 is 12.0 Å². The zero-order chi connectivity index (χ0) is 16.3. The number of hydrogen-bond donors (Lipinski definition) is 2. The molecule has 1 saturated heterocycles. The molecule has 0 bridgehead atoms. The molecule has 0 aromatic heterocycles. The predicted octanol–water partition coefficient (Wildman–Crippen LogP) is 1.37. The van der Waals surface area contributed by atoms with Crippen LogP contribution in [0.2, 0.25) is 0 Å². The summed E-state index contributed by atoms with van der Waals surface area (Å²) in [5.74, 6) is -0.107. The first kappa shape index (κ1) is 15.9. The number of piperazine rings is 1. The van der Waals surface area contributed by atoms with E-state index >= 15 is 0 Å². The predicted molar refractivity (Wildman–Crippen MR) is 82.5 cm³/mol. The van der Waals surface area contributed by atoms with Gasteiger partial charge in [0.2, 0.25) is 0 Å². The summed E-state index contributed by atoms with van der Waals surface area (Å²) in [4.78, 5) is 26.1. The molecule has 2 amide bonds. The van der Waals surface area contributed by atoms with Crippen molar-refractivity contribution in [1.82, 2.24) is 4.90 Å². The first-order valence-corrected chi connectivity index (χ1v) is 7.20. The number of nitrogens with two attached hydrogens (primary N) is 1. The van der Waals surface area contributed by atoms with E-state index in [-0.39, 0.29) is 6.04 Å². The molecule has 22 heavy (non-hydrogen) atoms. The number of amides is 2. The fourth-order valence-corrected chi connectivity index (χ4v) is 2.77. The van der Waals surface area contributed by atoms with Crippen LogP contribution in [-0.2, 0) is 0 Å². The van der Waals surface area contributed by atoms with E-state index in [0.29, 0.717) is 30.9 Å². The number of primary amides is 1. The van der Waals surface area contributed by atoms with Crippen molar-refractivity contribution in [3.8, 4) is 5.75 Å². The van der Waals surface area contributed by atoms with E-state index in [1.807, 2.05) is 13.0 Å². The van der Waals surface area contributed by atoms with E-state index in [4.69, 9.17) is 10.5 Å². The molecule has 1 aliphatic heterocycles. The van der Waals surface area contributed by atoms with Crippen molar-refractivity contribution >= 4 is 17.7 Å². The highest BCUT2D eigenvalue weighted by Crippen LogP contribution is 2.27. The molecule has 1 heterocycles. The van der Waals surface area contributed by atoms with Gasteiger partial charge in [0.1, 0.15) is 5.75 Å². The molecule has 2 rings (SSSR count). The number of carbonyl (C=O) groups is 2. The molecule has 1 aromatic carbocycles. The highest BCUT2D eigenvalue weighted by Gasteiger charge is 2.29. The molecule has 7 heteroatoms. The maximum Gasteiger partial charge on any atom is 0.407 e. The van der Waals surface area contributed by atoms with Gasteiger partial charge in [-0.3, -0.25) is 4.79 Å². The molecule has 7 nitrogen and oxygen atoms in total. The largest absolute Gasteiger partial charge is 0.496 e. The average molecular weight is 307 g/mol. The first-order valence-electron chi connectivity index (χ1n) is 7.20. The molecular weight excluding hydrogens is 286 g/mol. The van der Waals surface area contributed by atoms with Crippen LogP contribution in [0.3, 0.4) is 0 Å². The Balaban J connectivity index is 2.22. The maximum absolute atomic E-state index is 11.3. The minimum atomic E-state index is -0.881. The van der Waals surface area contributed by atoms with Gasteiger partial charge in [-0.2, -0.15) is 0 Å². The minimum Gasteiger partial charge on any atom is -0.496 e. The lowest BCUT2D eigenvalue weighted by atomic mass is 10.1. The van der Waals surface area contributed by atoms with Gasteiger partial charge in [-0.25, -0.2) is 4.79 Å². The SMILES string of the molecule is CC[C@@H]1CN(c2ccc(C(N)=O)c(OC)c2)CCN1C(=O)O. The molecule has 120 valence electrons. The lowest BCUT2D eigenvalue weighted by Gasteiger charge is -2.40. The molecule has 0 aliphatic carbocycles. The van der Waals surface area contributed by atoms with E-state index in [9.17, 15) is 14.7 Å². The van der Waals surface area contributed by atoms with Crippen molar-refractivity contribution in [2.45, 2.75) is 19.4 Å². The van der Waals surface area contributed by atoms with Crippen molar-refractivity contribution in [1.29, 1.82) is 0 Å². The van der Waals surface area contributed by atoms with Crippen LogP contribution in [0.1, 0.15) is 23.7 Å². The fraction of sp³-hybridized carbons (Fsp3) is 0.467. The molecular formula is C15H21N3O4. The summed E-state index contributed by atoms with van der Waals surface area (Å²) < 4.78 is 5.22. The highest BCUT2D eigenvalue weighted by atomic mass is 16.5. The first-order chi connectivity index (χ1) is 10.5. The van der Waals surface area contributed by atoms with Gasteiger partial charge in [-0.15, -0.1) is 0 Å². The van der Waals surface area contributed by atoms with Crippen molar-refractivity contribution in [3.05, 3.63) is 23.8 Å². The normalized spacial score (nSPS) is 18.2. The smallest absolute Gasteiger partial charge is 0.407 e. The second-order valence-corrected chi connectivity index (χ2v) is 5.23. The van der Waals surface area contributed by atoms with Crippen LogP contribution in [0, 0.1) is 0 Å². The standard InChI is InChI=1S/C15H21N3O4/c1-3-10-9-17(6-7-18(10)15(20)21)11-4-5-12(14(16)19)13(8-11)22-2/h4-5,8,10H,3,6-7,9H2,1-2H3,(H2,16,19)(H,20,21)/t10-/m1/s1. The van der Waals surface area contributed by atoms with E-state index in [2.05, 4.69) is 4.90 Å². The van der Waals surface area contributed by atoms with Gasteiger partial charge < -0.3 is 25.4 Å². The van der Waals surface area contributed by atoms with Crippen molar-refractivity contribution in [2.24, 2.45) is 5.73 Å². The molecule has 0 saturated carbocycles. The number of carbonyl (C=O) groups excluding carboxylic acids is 1. The third-order valence-corrected chi connectivity index (χ3v) is 4.02. The third-order valence-electron chi connectivity index (χ3n) is 4.02. The van der Waals surface area contributed by atoms with Gasteiger partial charge in [0.05, 0.1) is 18.7 Å². The Morgan fingerprint density at radius 2 is 2.14 bits per heavy atom. The van der Waals surface area contributed by atoms with Crippen LogP contribution in [0.5, 0.6) is 5.75 Å². The number of anilines is 1. The third kappa shape index (κ3) is 3.08. The quantitative estimate of drug-likeness (QED) is 0.876.